The Morgan fingerprint density at radius 3 is 2.94 bits per heavy atom. The van der Waals surface area contributed by atoms with Crippen molar-refractivity contribution < 1.29 is 0 Å². The third kappa shape index (κ3) is 4.60. The molecule has 0 unspecified atom stereocenters. The number of nitrogens with zero attached hydrogens (tertiary/aromatic N) is 5. The predicted octanol–water partition coefficient (Wildman–Crippen LogP) is 0.458. The van der Waals surface area contributed by atoms with E-state index in [2.05, 4.69) is 21.9 Å². The minimum atomic E-state index is 0. The molecule has 0 aliphatic heterocycles. The van der Waals surface area contributed by atoms with Crippen molar-refractivity contribution in [2.75, 3.05) is 14.1 Å². The Morgan fingerprint density at radius 2 is 2.38 bits per heavy atom. The van der Waals surface area contributed by atoms with Gasteiger partial charge in [-0.25, -0.2) is 9.67 Å². The first kappa shape index (κ1) is 14.9. The number of hydrogen-bond acceptors (Lipinski definition) is 3. The number of rotatable bonds is 4. The molecule has 0 spiro atoms. The van der Waals surface area contributed by atoms with E-state index in [1.165, 1.54) is 0 Å². The van der Waals surface area contributed by atoms with Crippen LogP contribution < -0.4 is 5.73 Å². The maximum absolute atomic E-state index is 5.63. The highest BCUT2D eigenvalue weighted by Gasteiger charge is 1.99. The van der Waals surface area contributed by atoms with Crippen LogP contribution in [-0.4, -0.2) is 39.9 Å². The van der Waals surface area contributed by atoms with E-state index < -0.39 is 0 Å². The largest absolute Gasteiger partial charge is 0.370 e. The van der Waals surface area contributed by atoms with Crippen LogP contribution in [0.4, 0.5) is 0 Å². The van der Waals surface area contributed by atoms with Crippen molar-refractivity contribution in [2.45, 2.75) is 13.1 Å². The number of guanidine groups is 1. The molecule has 1 rings (SSSR count). The van der Waals surface area contributed by atoms with Crippen molar-refractivity contribution in [1.29, 1.82) is 0 Å². The third-order valence-electron chi connectivity index (χ3n) is 1.76. The molecule has 1 aromatic rings. The molecule has 0 atom stereocenters. The lowest BCUT2D eigenvalue weighted by molar-refractivity contribution is 0.608. The molecule has 0 radical (unpaired) electrons. The Kier molecular flexibility index (Phi) is 6.70. The summed E-state index contributed by atoms with van der Waals surface area (Å²) in [5, 5.41) is 7.85. The standard InChI is InChI=1S/C9H16N6.HI/c1-4-5-15-7-8(12-13-15)6-11-9(10)14(2)3;/h4,7H,1,5-6H2,2-3H3,(H2,10,11);1H. The zero-order chi connectivity index (χ0) is 11.3. The average molecular weight is 336 g/mol. The van der Waals surface area contributed by atoms with Gasteiger partial charge in [0.25, 0.3) is 0 Å². The zero-order valence-electron chi connectivity index (χ0n) is 9.50. The van der Waals surface area contributed by atoms with Gasteiger partial charge in [-0.1, -0.05) is 11.3 Å². The van der Waals surface area contributed by atoms with Crippen LogP contribution >= 0.6 is 24.0 Å². The van der Waals surface area contributed by atoms with Gasteiger partial charge in [0.05, 0.1) is 19.3 Å². The fourth-order valence-corrected chi connectivity index (χ4v) is 0.936. The summed E-state index contributed by atoms with van der Waals surface area (Å²) in [6.45, 7) is 4.72. The van der Waals surface area contributed by atoms with E-state index >= 15 is 0 Å². The third-order valence-corrected chi connectivity index (χ3v) is 1.76. The van der Waals surface area contributed by atoms with E-state index in [-0.39, 0.29) is 24.0 Å². The summed E-state index contributed by atoms with van der Waals surface area (Å²) in [6, 6.07) is 0. The first-order valence-electron chi connectivity index (χ1n) is 4.60. The Hall–Kier alpha value is -1.12. The highest BCUT2D eigenvalue weighted by molar-refractivity contribution is 14.0. The molecule has 0 amide bonds. The Morgan fingerprint density at radius 1 is 1.69 bits per heavy atom. The first-order valence-corrected chi connectivity index (χ1v) is 4.60. The molecule has 1 heterocycles. The number of aromatic nitrogens is 3. The van der Waals surface area contributed by atoms with Crippen LogP contribution in [0.3, 0.4) is 0 Å². The highest BCUT2D eigenvalue weighted by atomic mass is 127. The SMILES string of the molecule is C=CCn1cc(CN=C(N)N(C)C)nn1.I. The van der Waals surface area contributed by atoms with Gasteiger partial charge in [0.2, 0.25) is 0 Å². The molecule has 0 aliphatic carbocycles. The normalized spacial score (nSPS) is 10.8. The van der Waals surface area contributed by atoms with Crippen molar-refractivity contribution in [3.8, 4) is 0 Å². The summed E-state index contributed by atoms with van der Waals surface area (Å²) in [7, 11) is 3.68. The van der Waals surface area contributed by atoms with Gasteiger partial charge in [-0.3, -0.25) is 0 Å². The quantitative estimate of drug-likeness (QED) is 0.375. The van der Waals surface area contributed by atoms with E-state index in [4.69, 9.17) is 5.73 Å². The monoisotopic (exact) mass is 336 g/mol. The number of halogens is 1. The van der Waals surface area contributed by atoms with Gasteiger partial charge in [-0.05, 0) is 0 Å². The van der Waals surface area contributed by atoms with Crippen LogP contribution in [0.25, 0.3) is 0 Å². The average Bonchev–Trinajstić information content (AvgIpc) is 2.62. The van der Waals surface area contributed by atoms with Crippen molar-refractivity contribution >= 4 is 29.9 Å². The molecule has 0 aliphatic rings. The molecule has 0 bridgehead atoms. The molecule has 0 fully saturated rings. The molecular weight excluding hydrogens is 319 g/mol. The number of aliphatic imine (C=N–C) groups is 1. The van der Waals surface area contributed by atoms with Crippen LogP contribution in [-0.2, 0) is 13.1 Å². The molecular formula is C9H17IN6. The van der Waals surface area contributed by atoms with Crippen LogP contribution in [0.2, 0.25) is 0 Å². The second-order valence-electron chi connectivity index (χ2n) is 3.29. The van der Waals surface area contributed by atoms with Gasteiger partial charge in [0.1, 0.15) is 5.69 Å². The van der Waals surface area contributed by atoms with Crippen LogP contribution in [0.15, 0.2) is 23.8 Å². The molecule has 6 nitrogen and oxygen atoms in total. The van der Waals surface area contributed by atoms with Crippen molar-refractivity contribution in [2.24, 2.45) is 10.7 Å². The lowest BCUT2D eigenvalue weighted by Crippen LogP contribution is -2.30. The Bertz CT molecular complexity index is 357. The summed E-state index contributed by atoms with van der Waals surface area (Å²) in [5.41, 5.74) is 6.43. The molecule has 0 saturated carbocycles. The molecule has 16 heavy (non-hydrogen) atoms. The van der Waals surface area contributed by atoms with Gasteiger partial charge in [0, 0.05) is 14.1 Å². The van der Waals surface area contributed by atoms with Crippen LogP contribution in [0.5, 0.6) is 0 Å². The van der Waals surface area contributed by atoms with Crippen molar-refractivity contribution in [3.63, 3.8) is 0 Å². The van der Waals surface area contributed by atoms with E-state index in [9.17, 15) is 0 Å². The highest BCUT2D eigenvalue weighted by Crippen LogP contribution is 1.96. The van der Waals surface area contributed by atoms with Gasteiger partial charge in [0.15, 0.2) is 5.96 Å². The van der Waals surface area contributed by atoms with Crippen LogP contribution in [0.1, 0.15) is 5.69 Å². The minimum Gasteiger partial charge on any atom is -0.370 e. The molecule has 90 valence electrons. The molecule has 0 saturated heterocycles. The smallest absolute Gasteiger partial charge is 0.191 e. The summed E-state index contributed by atoms with van der Waals surface area (Å²) < 4.78 is 1.70. The predicted molar refractivity (Wildman–Crippen MR) is 74.6 cm³/mol. The van der Waals surface area contributed by atoms with Gasteiger partial charge >= 0.3 is 0 Å². The lowest BCUT2D eigenvalue weighted by Gasteiger charge is -2.09. The minimum absolute atomic E-state index is 0. The zero-order valence-corrected chi connectivity index (χ0v) is 11.8. The summed E-state index contributed by atoms with van der Waals surface area (Å²) in [5.74, 6) is 0.480. The van der Waals surface area contributed by atoms with Gasteiger partial charge in [-0.15, -0.1) is 35.7 Å². The summed E-state index contributed by atoms with van der Waals surface area (Å²) >= 11 is 0. The first-order chi connectivity index (χ1) is 7.13. The maximum atomic E-state index is 5.63. The summed E-state index contributed by atoms with van der Waals surface area (Å²) in [4.78, 5) is 5.89. The van der Waals surface area contributed by atoms with Crippen molar-refractivity contribution in [1.82, 2.24) is 19.9 Å². The fraction of sp³-hybridized carbons (Fsp3) is 0.444. The van der Waals surface area contributed by atoms with E-state index in [0.29, 0.717) is 19.0 Å². The fourth-order valence-electron chi connectivity index (χ4n) is 0.936. The maximum Gasteiger partial charge on any atom is 0.191 e. The van der Waals surface area contributed by atoms with E-state index in [1.54, 1.807) is 15.7 Å². The molecule has 7 heteroatoms. The second kappa shape index (κ2) is 7.20. The lowest BCUT2D eigenvalue weighted by atomic mass is 10.5. The van der Waals surface area contributed by atoms with Crippen LogP contribution in [0, 0.1) is 0 Å². The Balaban J connectivity index is 0.00000225. The molecule has 1 aromatic heterocycles. The van der Waals surface area contributed by atoms with E-state index in [1.807, 2.05) is 20.3 Å². The summed E-state index contributed by atoms with van der Waals surface area (Å²) in [6.07, 6.45) is 3.59. The Labute approximate surface area is 112 Å². The van der Waals surface area contributed by atoms with Gasteiger partial charge < -0.3 is 10.6 Å². The van der Waals surface area contributed by atoms with Gasteiger partial charge in [-0.2, -0.15) is 0 Å². The van der Waals surface area contributed by atoms with E-state index in [0.717, 1.165) is 5.69 Å². The topological polar surface area (TPSA) is 72.3 Å². The molecule has 0 aromatic carbocycles. The number of hydrogen-bond donors (Lipinski definition) is 1. The van der Waals surface area contributed by atoms with Crippen molar-refractivity contribution in [3.05, 3.63) is 24.5 Å². The molecule has 2 N–H and O–H groups in total. The second-order valence-corrected chi connectivity index (χ2v) is 3.29. The number of nitrogens with two attached hydrogens (primary N) is 1. The number of allylic oxidation sites excluding steroid dienone is 1.